The lowest BCUT2D eigenvalue weighted by Gasteiger charge is -2.06. The van der Waals surface area contributed by atoms with Crippen molar-refractivity contribution in [2.45, 2.75) is 6.61 Å². The SMILES string of the molecule is O=C(O)c1cc([N+](=O)[O-])cnc1OCc1ccco1. The maximum atomic E-state index is 11.0. The maximum Gasteiger partial charge on any atom is 0.341 e. The fourth-order valence-corrected chi connectivity index (χ4v) is 1.34. The number of hydrogen-bond acceptors (Lipinski definition) is 6. The van der Waals surface area contributed by atoms with Crippen molar-refractivity contribution in [2.75, 3.05) is 0 Å². The Kier molecular flexibility index (Phi) is 3.42. The van der Waals surface area contributed by atoms with Gasteiger partial charge in [0, 0.05) is 6.07 Å². The fraction of sp³-hybridized carbons (Fsp3) is 0.0909. The molecular weight excluding hydrogens is 256 g/mol. The van der Waals surface area contributed by atoms with E-state index in [-0.39, 0.29) is 18.1 Å². The summed E-state index contributed by atoms with van der Waals surface area (Å²) in [6.07, 6.45) is 2.38. The highest BCUT2D eigenvalue weighted by Gasteiger charge is 2.18. The largest absolute Gasteiger partial charge is 0.477 e. The van der Waals surface area contributed by atoms with Gasteiger partial charge >= 0.3 is 5.97 Å². The summed E-state index contributed by atoms with van der Waals surface area (Å²) < 4.78 is 10.2. The van der Waals surface area contributed by atoms with Crippen molar-refractivity contribution in [1.29, 1.82) is 0 Å². The number of carboxylic acid groups (broad SMARTS) is 1. The number of aromatic carboxylic acids is 1. The van der Waals surface area contributed by atoms with Crippen LogP contribution >= 0.6 is 0 Å². The number of furan rings is 1. The first-order valence-electron chi connectivity index (χ1n) is 5.11. The summed E-state index contributed by atoms with van der Waals surface area (Å²) in [5, 5.41) is 19.5. The van der Waals surface area contributed by atoms with Crippen LogP contribution in [0.1, 0.15) is 16.1 Å². The molecule has 0 atom stereocenters. The molecule has 0 aliphatic rings. The molecule has 2 aromatic rings. The predicted molar refractivity (Wildman–Crippen MR) is 60.9 cm³/mol. The molecule has 0 aliphatic carbocycles. The van der Waals surface area contributed by atoms with Gasteiger partial charge in [0.1, 0.15) is 24.1 Å². The first kappa shape index (κ1) is 12.6. The topological polar surface area (TPSA) is 116 Å². The molecule has 0 amide bonds. The molecule has 0 spiro atoms. The third-order valence-electron chi connectivity index (χ3n) is 2.21. The smallest absolute Gasteiger partial charge is 0.341 e. The molecule has 0 unspecified atom stereocenters. The second kappa shape index (κ2) is 5.17. The van der Waals surface area contributed by atoms with Gasteiger partial charge in [-0.1, -0.05) is 0 Å². The highest BCUT2D eigenvalue weighted by atomic mass is 16.6. The molecule has 0 aliphatic heterocycles. The second-order valence-corrected chi connectivity index (χ2v) is 3.48. The van der Waals surface area contributed by atoms with Crippen LogP contribution < -0.4 is 4.74 Å². The zero-order valence-electron chi connectivity index (χ0n) is 9.48. The molecular formula is C11H8N2O6. The number of carbonyl (C=O) groups is 1. The summed E-state index contributed by atoms with van der Waals surface area (Å²) in [6.45, 7) is -0.0158. The van der Waals surface area contributed by atoms with Gasteiger partial charge < -0.3 is 14.3 Å². The van der Waals surface area contributed by atoms with E-state index >= 15 is 0 Å². The number of aromatic nitrogens is 1. The number of nitro groups is 1. The molecule has 1 N–H and O–H groups in total. The Morgan fingerprint density at radius 2 is 2.37 bits per heavy atom. The third kappa shape index (κ3) is 2.86. The Morgan fingerprint density at radius 3 is 2.95 bits per heavy atom. The van der Waals surface area contributed by atoms with E-state index in [4.69, 9.17) is 14.3 Å². The second-order valence-electron chi connectivity index (χ2n) is 3.48. The van der Waals surface area contributed by atoms with Crippen molar-refractivity contribution in [1.82, 2.24) is 4.98 Å². The minimum atomic E-state index is -1.36. The van der Waals surface area contributed by atoms with E-state index in [1.54, 1.807) is 12.1 Å². The number of rotatable bonds is 5. The highest BCUT2D eigenvalue weighted by Crippen LogP contribution is 2.22. The Hall–Kier alpha value is -2.90. The Labute approximate surface area is 106 Å². The zero-order chi connectivity index (χ0) is 13.8. The van der Waals surface area contributed by atoms with Crippen LogP contribution in [-0.4, -0.2) is 21.0 Å². The molecule has 0 saturated carbocycles. The van der Waals surface area contributed by atoms with Gasteiger partial charge in [-0.05, 0) is 12.1 Å². The van der Waals surface area contributed by atoms with Gasteiger partial charge in [-0.15, -0.1) is 0 Å². The van der Waals surface area contributed by atoms with Gasteiger partial charge in [0.25, 0.3) is 5.69 Å². The minimum Gasteiger partial charge on any atom is -0.477 e. The van der Waals surface area contributed by atoms with Crippen LogP contribution in [0, 0.1) is 10.1 Å². The molecule has 0 fully saturated rings. The third-order valence-corrected chi connectivity index (χ3v) is 2.21. The summed E-state index contributed by atoms with van der Waals surface area (Å²) in [4.78, 5) is 24.4. The number of pyridine rings is 1. The molecule has 8 heteroatoms. The maximum absolute atomic E-state index is 11.0. The van der Waals surface area contributed by atoms with Crippen LogP contribution in [0.5, 0.6) is 5.88 Å². The van der Waals surface area contributed by atoms with E-state index in [9.17, 15) is 14.9 Å². The molecule has 2 heterocycles. The van der Waals surface area contributed by atoms with Crippen LogP contribution in [0.15, 0.2) is 35.1 Å². The van der Waals surface area contributed by atoms with Gasteiger partial charge in [-0.25, -0.2) is 9.78 Å². The quantitative estimate of drug-likeness (QED) is 0.647. The van der Waals surface area contributed by atoms with Crippen LogP contribution in [0.2, 0.25) is 0 Å². The van der Waals surface area contributed by atoms with E-state index < -0.39 is 16.6 Å². The average molecular weight is 264 g/mol. The zero-order valence-corrected chi connectivity index (χ0v) is 9.48. The molecule has 0 saturated heterocycles. The first-order valence-corrected chi connectivity index (χ1v) is 5.11. The molecule has 0 radical (unpaired) electrons. The Bertz CT molecular complexity index is 608. The van der Waals surface area contributed by atoms with E-state index in [2.05, 4.69) is 4.98 Å². The monoisotopic (exact) mass is 264 g/mol. The van der Waals surface area contributed by atoms with Crippen molar-refractivity contribution in [3.8, 4) is 5.88 Å². The van der Waals surface area contributed by atoms with Crippen LogP contribution in [0.4, 0.5) is 5.69 Å². The standard InChI is InChI=1S/C11H8N2O6/c14-11(15)9-4-7(13(16)17)5-12-10(9)19-6-8-2-1-3-18-8/h1-5H,6H2,(H,14,15). The normalized spacial score (nSPS) is 10.1. The van der Waals surface area contributed by atoms with Crippen LogP contribution in [0.25, 0.3) is 0 Å². The van der Waals surface area contributed by atoms with Crippen molar-refractivity contribution in [3.05, 3.63) is 52.1 Å². The van der Waals surface area contributed by atoms with Gasteiger partial charge in [0.05, 0.1) is 11.2 Å². The summed E-state index contributed by atoms with van der Waals surface area (Å²) in [5.74, 6) is -1.07. The minimum absolute atomic E-state index is 0.0158. The van der Waals surface area contributed by atoms with Gasteiger partial charge in [0.2, 0.25) is 5.88 Å². The van der Waals surface area contributed by atoms with Crippen LogP contribution in [0.3, 0.4) is 0 Å². The summed E-state index contributed by atoms with van der Waals surface area (Å²) in [5.41, 5.74) is -0.788. The predicted octanol–water partition coefficient (Wildman–Crippen LogP) is 1.86. The lowest BCUT2D eigenvalue weighted by Crippen LogP contribution is -2.06. The fourth-order valence-electron chi connectivity index (χ4n) is 1.34. The van der Waals surface area contributed by atoms with E-state index in [0.717, 1.165) is 12.3 Å². The van der Waals surface area contributed by atoms with Gasteiger partial charge in [0.15, 0.2) is 0 Å². The van der Waals surface area contributed by atoms with E-state index in [0.29, 0.717) is 5.76 Å². The van der Waals surface area contributed by atoms with Gasteiger partial charge in [-0.3, -0.25) is 10.1 Å². The molecule has 98 valence electrons. The lowest BCUT2D eigenvalue weighted by molar-refractivity contribution is -0.385. The lowest BCUT2D eigenvalue weighted by atomic mass is 10.2. The molecule has 8 nitrogen and oxygen atoms in total. The molecule has 19 heavy (non-hydrogen) atoms. The van der Waals surface area contributed by atoms with E-state index in [1.807, 2.05) is 0 Å². The summed E-state index contributed by atoms with van der Waals surface area (Å²) in [6, 6.07) is 4.19. The first-order chi connectivity index (χ1) is 9.08. The molecule has 0 bridgehead atoms. The Balaban J connectivity index is 2.24. The van der Waals surface area contributed by atoms with Gasteiger partial charge in [-0.2, -0.15) is 0 Å². The van der Waals surface area contributed by atoms with Crippen molar-refractivity contribution >= 4 is 11.7 Å². The molecule has 2 rings (SSSR count). The number of ether oxygens (including phenoxy) is 1. The Morgan fingerprint density at radius 1 is 1.58 bits per heavy atom. The van der Waals surface area contributed by atoms with Crippen molar-refractivity contribution in [3.63, 3.8) is 0 Å². The molecule has 0 aromatic carbocycles. The number of nitrogens with zero attached hydrogens (tertiary/aromatic N) is 2. The summed E-state index contributed by atoms with van der Waals surface area (Å²) >= 11 is 0. The number of hydrogen-bond donors (Lipinski definition) is 1. The highest BCUT2D eigenvalue weighted by molar-refractivity contribution is 5.90. The van der Waals surface area contributed by atoms with Crippen LogP contribution in [-0.2, 0) is 6.61 Å². The molecule has 2 aromatic heterocycles. The number of carboxylic acids is 1. The van der Waals surface area contributed by atoms with E-state index in [1.165, 1.54) is 6.26 Å². The summed E-state index contributed by atoms with van der Waals surface area (Å²) in [7, 11) is 0. The van der Waals surface area contributed by atoms with Crippen molar-refractivity contribution < 1.29 is 24.0 Å². The average Bonchev–Trinajstić information content (AvgIpc) is 2.89. The van der Waals surface area contributed by atoms with Crippen molar-refractivity contribution in [2.24, 2.45) is 0 Å².